The number of hydrogen-bond acceptors (Lipinski definition) is 2. The zero-order valence-corrected chi connectivity index (χ0v) is 11.4. The minimum Gasteiger partial charge on any atom is -0.342 e. The molecule has 0 bridgehead atoms. The summed E-state index contributed by atoms with van der Waals surface area (Å²) >= 11 is 0. The Morgan fingerprint density at radius 1 is 1.29 bits per heavy atom. The molecule has 2 aliphatic rings. The van der Waals surface area contributed by atoms with E-state index in [1.54, 1.807) is 0 Å². The smallest absolute Gasteiger partial charge is 0.222 e. The number of amides is 1. The molecule has 98 valence electrons. The van der Waals surface area contributed by atoms with Gasteiger partial charge in [0.05, 0.1) is 0 Å². The first-order valence-corrected chi connectivity index (χ1v) is 7.02. The van der Waals surface area contributed by atoms with Gasteiger partial charge in [-0.05, 0) is 36.5 Å². The molecule has 1 aliphatic carbocycles. The van der Waals surface area contributed by atoms with Gasteiger partial charge in [0.15, 0.2) is 0 Å². The first-order valence-electron chi connectivity index (χ1n) is 7.02. The largest absolute Gasteiger partial charge is 0.342 e. The predicted octanol–water partition coefficient (Wildman–Crippen LogP) is 1.86. The number of nitrogens with two attached hydrogens (primary N) is 1. The molecule has 0 aromatic carbocycles. The van der Waals surface area contributed by atoms with E-state index in [0.29, 0.717) is 42.0 Å². The van der Waals surface area contributed by atoms with Crippen LogP contribution in [0.1, 0.15) is 40.0 Å². The molecule has 2 N–H and O–H groups in total. The quantitative estimate of drug-likeness (QED) is 0.816. The van der Waals surface area contributed by atoms with E-state index in [2.05, 4.69) is 25.7 Å². The third-order valence-electron chi connectivity index (χ3n) is 4.90. The summed E-state index contributed by atoms with van der Waals surface area (Å²) in [7, 11) is 0. The van der Waals surface area contributed by atoms with Crippen LogP contribution < -0.4 is 5.73 Å². The van der Waals surface area contributed by atoms with Crippen molar-refractivity contribution >= 4 is 5.91 Å². The fraction of sp³-hybridized carbons (Fsp3) is 0.929. The van der Waals surface area contributed by atoms with Gasteiger partial charge in [-0.3, -0.25) is 4.79 Å². The Morgan fingerprint density at radius 2 is 2.00 bits per heavy atom. The summed E-state index contributed by atoms with van der Waals surface area (Å²) < 4.78 is 0. The number of rotatable bonds is 3. The Morgan fingerprint density at radius 3 is 2.59 bits per heavy atom. The SMILES string of the molecule is CC(C)C(C)CC(=O)N1CC2CCC(N)C2C1. The molecular weight excluding hydrogens is 212 g/mol. The highest BCUT2D eigenvalue weighted by Gasteiger charge is 2.42. The van der Waals surface area contributed by atoms with Crippen molar-refractivity contribution in [2.45, 2.75) is 46.1 Å². The van der Waals surface area contributed by atoms with Gasteiger partial charge in [-0.25, -0.2) is 0 Å². The monoisotopic (exact) mass is 238 g/mol. The Bertz CT molecular complexity index is 290. The second kappa shape index (κ2) is 4.97. The lowest BCUT2D eigenvalue weighted by molar-refractivity contribution is -0.131. The third kappa shape index (κ3) is 2.65. The maximum Gasteiger partial charge on any atom is 0.222 e. The summed E-state index contributed by atoms with van der Waals surface area (Å²) in [6, 6.07) is 0.334. The van der Waals surface area contributed by atoms with Crippen molar-refractivity contribution in [3.8, 4) is 0 Å². The lowest BCUT2D eigenvalue weighted by Crippen LogP contribution is -2.34. The van der Waals surface area contributed by atoms with Crippen LogP contribution in [-0.4, -0.2) is 29.9 Å². The number of hydrogen-bond donors (Lipinski definition) is 1. The molecule has 0 spiro atoms. The lowest BCUT2D eigenvalue weighted by Gasteiger charge is -2.22. The van der Waals surface area contributed by atoms with Gasteiger partial charge in [0.2, 0.25) is 5.91 Å². The average molecular weight is 238 g/mol. The summed E-state index contributed by atoms with van der Waals surface area (Å²) in [5.74, 6) is 2.67. The van der Waals surface area contributed by atoms with Crippen molar-refractivity contribution in [2.24, 2.45) is 29.4 Å². The fourth-order valence-electron chi connectivity index (χ4n) is 3.15. The standard InChI is InChI=1S/C14H26N2O/c1-9(2)10(3)6-14(17)16-7-11-4-5-13(15)12(11)8-16/h9-13H,4-8,15H2,1-3H3. The van der Waals surface area contributed by atoms with Crippen molar-refractivity contribution in [3.05, 3.63) is 0 Å². The van der Waals surface area contributed by atoms with Gasteiger partial charge < -0.3 is 10.6 Å². The molecular formula is C14H26N2O. The summed E-state index contributed by atoms with van der Waals surface area (Å²) in [5, 5.41) is 0. The lowest BCUT2D eigenvalue weighted by atomic mass is 9.94. The first kappa shape index (κ1) is 12.9. The van der Waals surface area contributed by atoms with Crippen LogP contribution in [0.4, 0.5) is 0 Å². The second-order valence-corrected chi connectivity index (χ2v) is 6.39. The molecule has 2 fully saturated rings. The molecule has 1 saturated heterocycles. The first-order chi connectivity index (χ1) is 7.99. The number of nitrogens with zero attached hydrogens (tertiary/aromatic N) is 1. The Kier molecular flexibility index (Phi) is 3.76. The molecule has 1 saturated carbocycles. The second-order valence-electron chi connectivity index (χ2n) is 6.39. The van der Waals surface area contributed by atoms with Crippen molar-refractivity contribution in [1.82, 2.24) is 4.90 Å². The van der Waals surface area contributed by atoms with Crippen molar-refractivity contribution < 1.29 is 4.79 Å². The highest BCUT2D eigenvalue weighted by Crippen LogP contribution is 2.37. The average Bonchev–Trinajstić information content (AvgIpc) is 2.81. The molecule has 3 heteroatoms. The molecule has 3 nitrogen and oxygen atoms in total. The molecule has 1 amide bonds. The van der Waals surface area contributed by atoms with Crippen LogP contribution in [-0.2, 0) is 4.79 Å². The van der Waals surface area contributed by atoms with E-state index in [1.165, 1.54) is 6.42 Å². The molecule has 4 unspecified atom stereocenters. The summed E-state index contributed by atoms with van der Waals surface area (Å²) in [4.78, 5) is 14.2. The summed E-state index contributed by atoms with van der Waals surface area (Å²) in [5.41, 5.74) is 6.09. The Balaban J connectivity index is 1.86. The van der Waals surface area contributed by atoms with Crippen LogP contribution in [0.5, 0.6) is 0 Å². The van der Waals surface area contributed by atoms with E-state index in [1.807, 2.05) is 0 Å². The highest BCUT2D eigenvalue weighted by molar-refractivity contribution is 5.76. The molecule has 4 atom stereocenters. The number of carbonyl (C=O) groups is 1. The van der Waals surface area contributed by atoms with Gasteiger partial charge >= 0.3 is 0 Å². The molecule has 2 rings (SSSR count). The van der Waals surface area contributed by atoms with Gasteiger partial charge in [0.25, 0.3) is 0 Å². The van der Waals surface area contributed by atoms with Crippen molar-refractivity contribution in [1.29, 1.82) is 0 Å². The molecule has 17 heavy (non-hydrogen) atoms. The van der Waals surface area contributed by atoms with Gasteiger partial charge in [-0.1, -0.05) is 20.8 Å². The highest BCUT2D eigenvalue weighted by atomic mass is 16.2. The van der Waals surface area contributed by atoms with Gasteiger partial charge in [0, 0.05) is 25.6 Å². The molecule has 0 aromatic rings. The van der Waals surface area contributed by atoms with Gasteiger partial charge in [-0.2, -0.15) is 0 Å². The van der Waals surface area contributed by atoms with Crippen LogP contribution in [0, 0.1) is 23.7 Å². The maximum absolute atomic E-state index is 12.2. The van der Waals surface area contributed by atoms with Gasteiger partial charge in [0.1, 0.15) is 0 Å². The minimum absolute atomic E-state index is 0.334. The molecule has 0 aromatic heterocycles. The number of likely N-dealkylation sites (tertiary alicyclic amines) is 1. The topological polar surface area (TPSA) is 46.3 Å². The van der Waals surface area contributed by atoms with Crippen LogP contribution in [0.3, 0.4) is 0 Å². The Hall–Kier alpha value is -0.570. The fourth-order valence-corrected chi connectivity index (χ4v) is 3.15. The van der Waals surface area contributed by atoms with Crippen molar-refractivity contribution in [3.63, 3.8) is 0 Å². The predicted molar refractivity (Wildman–Crippen MR) is 69.4 cm³/mol. The summed E-state index contributed by atoms with van der Waals surface area (Å²) in [6.45, 7) is 8.42. The maximum atomic E-state index is 12.2. The molecule has 0 radical (unpaired) electrons. The number of fused-ring (bicyclic) bond motifs is 1. The summed E-state index contributed by atoms with van der Waals surface area (Å²) in [6.07, 6.45) is 3.07. The normalized spacial score (nSPS) is 34.2. The van der Waals surface area contributed by atoms with Crippen LogP contribution in [0.25, 0.3) is 0 Å². The minimum atomic E-state index is 0.334. The van der Waals surface area contributed by atoms with Crippen molar-refractivity contribution in [2.75, 3.05) is 13.1 Å². The Labute approximate surface area is 105 Å². The third-order valence-corrected chi connectivity index (χ3v) is 4.90. The van der Waals surface area contributed by atoms with E-state index in [0.717, 1.165) is 19.5 Å². The van der Waals surface area contributed by atoms with E-state index in [9.17, 15) is 4.79 Å². The van der Waals surface area contributed by atoms with Gasteiger partial charge in [-0.15, -0.1) is 0 Å². The number of carbonyl (C=O) groups excluding carboxylic acids is 1. The van der Waals surface area contributed by atoms with E-state index < -0.39 is 0 Å². The zero-order valence-electron chi connectivity index (χ0n) is 11.4. The molecule has 1 aliphatic heterocycles. The van der Waals surface area contributed by atoms with Crippen LogP contribution >= 0.6 is 0 Å². The zero-order chi connectivity index (χ0) is 12.6. The van der Waals surface area contributed by atoms with Crippen LogP contribution in [0.15, 0.2) is 0 Å². The van der Waals surface area contributed by atoms with Crippen LogP contribution in [0.2, 0.25) is 0 Å². The van der Waals surface area contributed by atoms with E-state index in [4.69, 9.17) is 5.73 Å². The van der Waals surface area contributed by atoms with E-state index in [-0.39, 0.29) is 0 Å². The van der Waals surface area contributed by atoms with E-state index >= 15 is 0 Å². The molecule has 1 heterocycles.